The van der Waals surface area contributed by atoms with Crippen molar-refractivity contribution in [2.45, 2.75) is 76.7 Å². The first-order valence-electron chi connectivity index (χ1n) is 7.35. The van der Waals surface area contributed by atoms with Gasteiger partial charge in [-0.2, -0.15) is 13.2 Å². The van der Waals surface area contributed by atoms with Crippen LogP contribution in [-0.4, -0.2) is 36.5 Å². The van der Waals surface area contributed by atoms with Crippen LogP contribution in [0.5, 0.6) is 0 Å². The number of halogens is 3. The highest BCUT2D eigenvalue weighted by atomic mass is 19.4. The summed E-state index contributed by atoms with van der Waals surface area (Å²) < 4.78 is 41.5. The van der Waals surface area contributed by atoms with Gasteiger partial charge in [0.15, 0.2) is 0 Å². The van der Waals surface area contributed by atoms with E-state index in [1.165, 1.54) is 0 Å². The molecule has 0 heterocycles. The first kappa shape index (κ1) is 18.1. The third-order valence-electron chi connectivity index (χ3n) is 3.24. The van der Waals surface area contributed by atoms with Crippen molar-refractivity contribution in [1.82, 2.24) is 10.6 Å². The van der Waals surface area contributed by atoms with Crippen LogP contribution in [0.1, 0.15) is 52.9 Å². The van der Waals surface area contributed by atoms with E-state index in [0.29, 0.717) is 6.42 Å². The van der Waals surface area contributed by atoms with E-state index in [4.69, 9.17) is 4.74 Å². The van der Waals surface area contributed by atoms with E-state index in [2.05, 4.69) is 10.6 Å². The number of hydrogen-bond donors (Lipinski definition) is 2. The van der Waals surface area contributed by atoms with Gasteiger partial charge in [-0.3, -0.25) is 0 Å². The zero-order chi connectivity index (χ0) is 16.1. The van der Waals surface area contributed by atoms with E-state index in [-0.39, 0.29) is 18.6 Å². The van der Waals surface area contributed by atoms with Crippen LogP contribution >= 0.6 is 0 Å². The summed E-state index contributed by atoms with van der Waals surface area (Å²) in [7, 11) is 0. The third kappa shape index (κ3) is 8.80. The molecule has 0 spiro atoms. The molecule has 0 radical (unpaired) electrons. The molecule has 2 unspecified atom stereocenters. The Morgan fingerprint density at radius 1 is 1.19 bits per heavy atom. The summed E-state index contributed by atoms with van der Waals surface area (Å²) >= 11 is 0. The number of carbonyl (C=O) groups excluding carboxylic acids is 1. The van der Waals surface area contributed by atoms with E-state index in [0.717, 1.165) is 19.3 Å². The minimum atomic E-state index is -4.13. The molecule has 0 aromatic carbocycles. The molecule has 124 valence electrons. The van der Waals surface area contributed by atoms with Crippen LogP contribution in [0.15, 0.2) is 0 Å². The first-order chi connectivity index (χ1) is 9.55. The zero-order valence-corrected chi connectivity index (χ0v) is 12.8. The number of carbonyl (C=O) groups is 1. The molecule has 1 fully saturated rings. The summed E-state index contributed by atoms with van der Waals surface area (Å²) in [6.07, 6.45) is -2.24. The first-order valence-corrected chi connectivity index (χ1v) is 7.35. The van der Waals surface area contributed by atoms with E-state index >= 15 is 0 Å². The summed E-state index contributed by atoms with van der Waals surface area (Å²) in [6, 6.07) is -0.0296. The van der Waals surface area contributed by atoms with Gasteiger partial charge in [0.05, 0.1) is 6.42 Å². The SMILES string of the molecule is CC(C)(C)OC(=O)NC1CCCC(NCCC(F)(F)F)C1. The highest BCUT2D eigenvalue weighted by Gasteiger charge is 2.28. The molecule has 1 amide bonds. The second kappa shape index (κ2) is 7.33. The highest BCUT2D eigenvalue weighted by molar-refractivity contribution is 5.68. The van der Waals surface area contributed by atoms with Crippen molar-refractivity contribution in [3.8, 4) is 0 Å². The Balaban J connectivity index is 2.30. The fourth-order valence-electron chi connectivity index (χ4n) is 2.40. The third-order valence-corrected chi connectivity index (χ3v) is 3.24. The topological polar surface area (TPSA) is 50.4 Å². The van der Waals surface area contributed by atoms with Crippen molar-refractivity contribution in [3.05, 3.63) is 0 Å². The maximum Gasteiger partial charge on any atom is 0.407 e. The summed E-state index contributed by atoms with van der Waals surface area (Å²) in [4.78, 5) is 11.7. The van der Waals surface area contributed by atoms with E-state index in [1.807, 2.05) is 0 Å². The van der Waals surface area contributed by atoms with Gasteiger partial charge in [-0.05, 0) is 46.5 Å². The molecular weight excluding hydrogens is 285 g/mol. The Hall–Kier alpha value is -0.980. The maximum atomic E-state index is 12.1. The van der Waals surface area contributed by atoms with Gasteiger partial charge in [-0.1, -0.05) is 0 Å². The monoisotopic (exact) mass is 310 g/mol. The van der Waals surface area contributed by atoms with Crippen LogP contribution in [0.3, 0.4) is 0 Å². The Bertz CT molecular complexity index is 340. The lowest BCUT2D eigenvalue weighted by atomic mass is 9.91. The average molecular weight is 310 g/mol. The maximum absolute atomic E-state index is 12.1. The molecule has 0 aromatic heterocycles. The second-order valence-corrected chi connectivity index (χ2v) is 6.53. The van der Waals surface area contributed by atoms with E-state index in [1.54, 1.807) is 20.8 Å². The quantitative estimate of drug-likeness (QED) is 0.837. The van der Waals surface area contributed by atoms with Crippen molar-refractivity contribution in [2.24, 2.45) is 0 Å². The molecule has 0 aromatic rings. The predicted molar refractivity (Wildman–Crippen MR) is 74.1 cm³/mol. The zero-order valence-electron chi connectivity index (χ0n) is 12.8. The molecule has 1 aliphatic carbocycles. The van der Waals surface area contributed by atoms with Gasteiger partial charge in [-0.15, -0.1) is 0 Å². The molecule has 2 N–H and O–H groups in total. The van der Waals surface area contributed by atoms with E-state index < -0.39 is 24.3 Å². The van der Waals surface area contributed by atoms with Gasteiger partial charge >= 0.3 is 12.3 Å². The molecule has 1 aliphatic rings. The fourth-order valence-corrected chi connectivity index (χ4v) is 2.40. The summed E-state index contributed by atoms with van der Waals surface area (Å²) in [6.45, 7) is 5.28. The fraction of sp³-hybridized carbons (Fsp3) is 0.929. The van der Waals surface area contributed by atoms with Crippen molar-refractivity contribution in [2.75, 3.05) is 6.54 Å². The number of amides is 1. The van der Waals surface area contributed by atoms with Crippen LogP contribution < -0.4 is 10.6 Å². The molecular formula is C14H25F3N2O2. The lowest BCUT2D eigenvalue weighted by Gasteiger charge is -2.31. The Labute approximate surface area is 123 Å². The van der Waals surface area contributed by atoms with Crippen molar-refractivity contribution in [1.29, 1.82) is 0 Å². The predicted octanol–water partition coefficient (Wildman–Crippen LogP) is 3.36. The van der Waals surface area contributed by atoms with Crippen LogP contribution in [0, 0.1) is 0 Å². The van der Waals surface area contributed by atoms with Crippen LogP contribution in [0.2, 0.25) is 0 Å². The number of alkyl carbamates (subject to hydrolysis) is 1. The van der Waals surface area contributed by atoms with Crippen molar-refractivity contribution in [3.63, 3.8) is 0 Å². The second-order valence-electron chi connectivity index (χ2n) is 6.53. The highest BCUT2D eigenvalue weighted by Crippen LogP contribution is 2.21. The van der Waals surface area contributed by atoms with Crippen molar-refractivity contribution >= 4 is 6.09 Å². The molecule has 4 nitrogen and oxygen atoms in total. The lowest BCUT2D eigenvalue weighted by Crippen LogP contribution is -2.46. The van der Waals surface area contributed by atoms with Crippen molar-refractivity contribution < 1.29 is 22.7 Å². The Morgan fingerprint density at radius 2 is 1.81 bits per heavy atom. The molecule has 0 aliphatic heterocycles. The minimum absolute atomic E-state index is 0.0148. The van der Waals surface area contributed by atoms with Gasteiger partial charge in [0.2, 0.25) is 0 Å². The Kier molecular flexibility index (Phi) is 6.31. The molecule has 7 heteroatoms. The molecule has 0 saturated heterocycles. The van der Waals surface area contributed by atoms with Gasteiger partial charge in [0, 0.05) is 18.6 Å². The number of ether oxygens (including phenoxy) is 1. The number of alkyl halides is 3. The molecule has 1 saturated carbocycles. The van der Waals surface area contributed by atoms with Gasteiger partial charge in [0.1, 0.15) is 5.60 Å². The molecule has 21 heavy (non-hydrogen) atoms. The van der Waals surface area contributed by atoms with Crippen LogP contribution in [-0.2, 0) is 4.74 Å². The Morgan fingerprint density at radius 3 is 2.38 bits per heavy atom. The average Bonchev–Trinajstić information content (AvgIpc) is 2.24. The lowest BCUT2D eigenvalue weighted by molar-refractivity contribution is -0.133. The van der Waals surface area contributed by atoms with Gasteiger partial charge in [-0.25, -0.2) is 4.79 Å². The van der Waals surface area contributed by atoms with Gasteiger partial charge in [0.25, 0.3) is 0 Å². The van der Waals surface area contributed by atoms with Crippen LogP contribution in [0.4, 0.5) is 18.0 Å². The summed E-state index contributed by atoms with van der Waals surface area (Å²) in [5.74, 6) is 0. The standard InChI is InChI=1S/C14H25F3N2O2/c1-13(2,3)21-12(20)19-11-6-4-5-10(9-11)18-8-7-14(15,16)17/h10-11,18H,4-9H2,1-3H3,(H,19,20). The minimum Gasteiger partial charge on any atom is -0.444 e. The largest absolute Gasteiger partial charge is 0.444 e. The number of nitrogens with one attached hydrogen (secondary N) is 2. The summed E-state index contributed by atoms with van der Waals surface area (Å²) in [5, 5.41) is 5.71. The summed E-state index contributed by atoms with van der Waals surface area (Å²) in [5.41, 5.74) is -0.552. The number of rotatable bonds is 4. The molecule has 2 atom stereocenters. The van der Waals surface area contributed by atoms with Crippen LogP contribution in [0.25, 0.3) is 0 Å². The smallest absolute Gasteiger partial charge is 0.407 e. The van der Waals surface area contributed by atoms with E-state index in [9.17, 15) is 18.0 Å². The molecule has 1 rings (SSSR count). The molecule has 0 bridgehead atoms. The van der Waals surface area contributed by atoms with Gasteiger partial charge < -0.3 is 15.4 Å². The normalized spacial score (nSPS) is 23.7. The number of hydrogen-bond acceptors (Lipinski definition) is 3.